The quantitative estimate of drug-likeness (QED) is 0.597. The van der Waals surface area contributed by atoms with Crippen LogP contribution < -0.4 is 4.74 Å². The van der Waals surface area contributed by atoms with E-state index >= 15 is 0 Å². The molecule has 0 bridgehead atoms. The first-order valence-corrected chi connectivity index (χ1v) is 11.0. The highest BCUT2D eigenvalue weighted by molar-refractivity contribution is 7.89. The van der Waals surface area contributed by atoms with Gasteiger partial charge in [-0.15, -0.1) is 0 Å². The highest BCUT2D eigenvalue weighted by Crippen LogP contribution is 2.23. The Labute approximate surface area is 174 Å². The molecule has 0 spiro atoms. The highest BCUT2D eigenvalue weighted by Gasteiger charge is 2.29. The van der Waals surface area contributed by atoms with Gasteiger partial charge < -0.3 is 9.15 Å². The maximum Gasteiger partial charge on any atom is 0.243 e. The molecule has 1 aliphatic rings. The summed E-state index contributed by atoms with van der Waals surface area (Å²) in [5.41, 5.74) is 0.755. The topological polar surface area (TPSA) is 75.9 Å². The number of rotatable bonds is 6. The van der Waals surface area contributed by atoms with Crippen molar-refractivity contribution in [2.24, 2.45) is 0 Å². The molecular weight excluding hydrogens is 409 g/mol. The van der Waals surface area contributed by atoms with E-state index in [1.807, 2.05) is 0 Å². The summed E-state index contributed by atoms with van der Waals surface area (Å²) in [6.07, 6.45) is 1.62. The van der Waals surface area contributed by atoms with Crippen LogP contribution in [0.2, 0.25) is 0 Å². The standard InChI is InChI=1S/C21H22FN3O4S/c1-28-18-6-8-19(9-7-18)30(26,27)25-12-10-24(11-13-25)15-21-23-14-20(29-21)16-2-4-17(22)5-3-16/h2-9,14H,10-13,15H2,1H3. The summed E-state index contributed by atoms with van der Waals surface area (Å²) >= 11 is 0. The van der Waals surface area contributed by atoms with E-state index in [-0.39, 0.29) is 10.7 Å². The molecule has 2 aromatic carbocycles. The maximum atomic E-state index is 13.1. The van der Waals surface area contributed by atoms with Gasteiger partial charge in [-0.05, 0) is 48.5 Å². The molecule has 0 amide bonds. The first-order chi connectivity index (χ1) is 14.5. The van der Waals surface area contributed by atoms with Gasteiger partial charge in [-0.1, -0.05) is 0 Å². The molecule has 3 aromatic rings. The van der Waals surface area contributed by atoms with Crippen LogP contribution in [0.1, 0.15) is 5.89 Å². The van der Waals surface area contributed by atoms with Crippen molar-refractivity contribution in [3.8, 4) is 17.1 Å². The number of benzene rings is 2. The molecule has 0 saturated carbocycles. The van der Waals surface area contributed by atoms with Gasteiger partial charge in [0.05, 0.1) is 24.7 Å². The number of hydrogen-bond donors (Lipinski definition) is 0. The molecule has 7 nitrogen and oxygen atoms in total. The molecule has 1 aliphatic heterocycles. The summed E-state index contributed by atoms with van der Waals surface area (Å²) in [7, 11) is -2.00. The second kappa shape index (κ2) is 8.55. The van der Waals surface area contributed by atoms with Crippen molar-refractivity contribution < 1.29 is 22.0 Å². The van der Waals surface area contributed by atoms with Crippen LogP contribution in [0.4, 0.5) is 4.39 Å². The van der Waals surface area contributed by atoms with E-state index in [9.17, 15) is 12.8 Å². The van der Waals surface area contributed by atoms with Gasteiger partial charge in [-0.25, -0.2) is 17.8 Å². The minimum Gasteiger partial charge on any atom is -0.497 e. The normalized spacial score (nSPS) is 15.9. The lowest BCUT2D eigenvalue weighted by Gasteiger charge is -2.33. The Bertz CT molecular complexity index is 1090. The Kier molecular flexibility index (Phi) is 5.85. The first kappa shape index (κ1) is 20.5. The molecule has 1 saturated heterocycles. The van der Waals surface area contributed by atoms with Crippen LogP contribution in [0, 0.1) is 5.82 Å². The molecule has 4 rings (SSSR count). The number of methoxy groups -OCH3 is 1. The van der Waals surface area contributed by atoms with Gasteiger partial charge in [0, 0.05) is 31.7 Å². The van der Waals surface area contributed by atoms with E-state index in [2.05, 4.69) is 9.88 Å². The van der Waals surface area contributed by atoms with Crippen molar-refractivity contribution in [3.05, 3.63) is 66.4 Å². The Hall–Kier alpha value is -2.75. The number of ether oxygens (including phenoxy) is 1. The molecule has 0 N–H and O–H groups in total. The second-order valence-electron chi connectivity index (χ2n) is 6.98. The smallest absolute Gasteiger partial charge is 0.243 e. The summed E-state index contributed by atoms with van der Waals surface area (Å²) in [4.78, 5) is 6.65. The third-order valence-corrected chi connectivity index (χ3v) is 6.98. The minimum absolute atomic E-state index is 0.258. The summed E-state index contributed by atoms with van der Waals surface area (Å²) in [6.45, 7) is 2.41. The Morgan fingerprint density at radius 1 is 1.03 bits per heavy atom. The minimum atomic E-state index is -3.54. The van der Waals surface area contributed by atoms with Gasteiger partial charge >= 0.3 is 0 Å². The van der Waals surface area contributed by atoms with Crippen molar-refractivity contribution in [1.29, 1.82) is 0 Å². The number of sulfonamides is 1. The fourth-order valence-corrected chi connectivity index (χ4v) is 4.77. The second-order valence-corrected chi connectivity index (χ2v) is 8.92. The summed E-state index contributed by atoms with van der Waals surface area (Å²) in [5.74, 6) is 1.43. The average molecular weight is 431 g/mol. The fraction of sp³-hybridized carbons (Fsp3) is 0.286. The lowest BCUT2D eigenvalue weighted by atomic mass is 10.2. The van der Waals surface area contributed by atoms with Crippen LogP contribution in [0.25, 0.3) is 11.3 Å². The third kappa shape index (κ3) is 4.38. The SMILES string of the molecule is COc1ccc(S(=O)(=O)N2CCN(Cc3ncc(-c4ccc(F)cc4)o3)CC2)cc1. The third-order valence-electron chi connectivity index (χ3n) is 5.07. The van der Waals surface area contributed by atoms with Crippen molar-refractivity contribution in [3.63, 3.8) is 0 Å². The van der Waals surface area contributed by atoms with E-state index in [4.69, 9.17) is 9.15 Å². The van der Waals surface area contributed by atoms with Crippen LogP contribution in [0.3, 0.4) is 0 Å². The Balaban J connectivity index is 1.36. The molecule has 1 fully saturated rings. The van der Waals surface area contributed by atoms with Crippen molar-refractivity contribution in [2.45, 2.75) is 11.4 Å². The number of halogens is 1. The van der Waals surface area contributed by atoms with Gasteiger partial charge in [0.25, 0.3) is 0 Å². The van der Waals surface area contributed by atoms with Crippen molar-refractivity contribution in [1.82, 2.24) is 14.2 Å². The average Bonchev–Trinajstić information content (AvgIpc) is 3.23. The lowest BCUT2D eigenvalue weighted by molar-refractivity contribution is 0.168. The number of nitrogens with zero attached hydrogens (tertiary/aromatic N) is 3. The molecule has 0 atom stereocenters. The molecule has 0 radical (unpaired) electrons. The first-order valence-electron chi connectivity index (χ1n) is 9.53. The van der Waals surface area contributed by atoms with Gasteiger partial charge in [-0.3, -0.25) is 4.90 Å². The van der Waals surface area contributed by atoms with E-state index in [1.54, 1.807) is 49.7 Å². The highest BCUT2D eigenvalue weighted by atomic mass is 32.2. The van der Waals surface area contributed by atoms with E-state index in [0.717, 1.165) is 5.56 Å². The monoisotopic (exact) mass is 431 g/mol. The zero-order chi connectivity index (χ0) is 21.1. The molecule has 2 heterocycles. The van der Waals surface area contributed by atoms with Crippen molar-refractivity contribution in [2.75, 3.05) is 33.3 Å². The number of piperazine rings is 1. The molecule has 30 heavy (non-hydrogen) atoms. The van der Waals surface area contributed by atoms with Crippen LogP contribution >= 0.6 is 0 Å². The Morgan fingerprint density at radius 3 is 2.33 bits per heavy atom. The summed E-state index contributed by atoms with van der Waals surface area (Å²) < 4.78 is 51.1. The van der Waals surface area contributed by atoms with Gasteiger partial charge in [-0.2, -0.15) is 4.31 Å². The molecule has 0 unspecified atom stereocenters. The maximum absolute atomic E-state index is 13.1. The molecule has 1 aromatic heterocycles. The number of aromatic nitrogens is 1. The zero-order valence-electron chi connectivity index (χ0n) is 16.5. The van der Waals surface area contributed by atoms with Crippen LogP contribution in [0.15, 0.2) is 64.0 Å². The van der Waals surface area contributed by atoms with E-state index < -0.39 is 10.0 Å². The summed E-state index contributed by atoms with van der Waals surface area (Å²) in [6, 6.07) is 12.4. The van der Waals surface area contributed by atoms with E-state index in [0.29, 0.717) is 50.1 Å². The van der Waals surface area contributed by atoms with Crippen LogP contribution in [-0.4, -0.2) is 55.9 Å². The van der Waals surface area contributed by atoms with E-state index in [1.165, 1.54) is 16.4 Å². The predicted octanol–water partition coefficient (Wildman–Crippen LogP) is 3.00. The fourth-order valence-electron chi connectivity index (χ4n) is 3.35. The Morgan fingerprint density at radius 2 is 1.70 bits per heavy atom. The largest absolute Gasteiger partial charge is 0.497 e. The predicted molar refractivity (Wildman–Crippen MR) is 109 cm³/mol. The van der Waals surface area contributed by atoms with Gasteiger partial charge in [0.15, 0.2) is 5.76 Å². The number of hydrogen-bond acceptors (Lipinski definition) is 6. The van der Waals surface area contributed by atoms with Gasteiger partial charge in [0.1, 0.15) is 11.6 Å². The van der Waals surface area contributed by atoms with Crippen molar-refractivity contribution >= 4 is 10.0 Å². The molecule has 158 valence electrons. The van der Waals surface area contributed by atoms with Crippen LogP contribution in [0.5, 0.6) is 5.75 Å². The lowest BCUT2D eigenvalue weighted by Crippen LogP contribution is -2.48. The van der Waals surface area contributed by atoms with Crippen LogP contribution in [-0.2, 0) is 16.6 Å². The molecule has 0 aliphatic carbocycles. The zero-order valence-corrected chi connectivity index (χ0v) is 17.3. The van der Waals surface area contributed by atoms with Gasteiger partial charge in [0.2, 0.25) is 15.9 Å². The molecular formula is C21H22FN3O4S. The number of oxazole rings is 1. The molecule has 9 heteroatoms. The summed E-state index contributed by atoms with van der Waals surface area (Å²) in [5, 5.41) is 0.